The van der Waals surface area contributed by atoms with E-state index < -0.39 is 0 Å². The van der Waals surface area contributed by atoms with E-state index in [1.54, 1.807) is 0 Å². The average Bonchev–Trinajstić information content (AvgIpc) is 2.61. The lowest BCUT2D eigenvalue weighted by Crippen LogP contribution is -2.45. The summed E-state index contributed by atoms with van der Waals surface area (Å²) in [6, 6.07) is 5.86. The molecule has 2 fully saturated rings. The lowest BCUT2D eigenvalue weighted by molar-refractivity contribution is -0.133. The Morgan fingerprint density at radius 2 is 1.83 bits per heavy atom. The van der Waals surface area contributed by atoms with Gasteiger partial charge in [0, 0.05) is 13.1 Å². The highest BCUT2D eigenvalue weighted by Crippen LogP contribution is 2.36. The fourth-order valence-electron chi connectivity index (χ4n) is 4.31. The first kappa shape index (κ1) is 14.9. The largest absolute Gasteiger partial charge is 0.486 e. The maximum absolute atomic E-state index is 12.7. The molecule has 0 radical (unpaired) electrons. The SMILES string of the molecule is O=C(Cc1ccc2c(c1)OCCO2)N1CC[C@H]2CCCC[C@H]2C1. The standard InChI is InChI=1S/C19H25NO3/c21-19(20-8-7-15-3-1-2-4-16(15)13-20)12-14-5-6-17-18(11-14)23-10-9-22-17/h5-6,11,15-16H,1-4,7-10,12-13H2/t15-,16+/m1/s1. The second-order valence-electron chi connectivity index (χ2n) is 7.09. The van der Waals surface area contributed by atoms with Crippen LogP contribution in [0, 0.1) is 11.8 Å². The minimum atomic E-state index is 0.255. The first-order valence-electron chi connectivity index (χ1n) is 8.96. The molecule has 0 unspecified atom stereocenters. The Bertz CT molecular complexity index is 586. The van der Waals surface area contributed by atoms with Gasteiger partial charge in [0.1, 0.15) is 13.2 Å². The summed E-state index contributed by atoms with van der Waals surface area (Å²) in [5.41, 5.74) is 1.02. The highest BCUT2D eigenvalue weighted by atomic mass is 16.6. The minimum Gasteiger partial charge on any atom is -0.486 e. The number of likely N-dealkylation sites (tertiary alicyclic amines) is 1. The molecule has 2 heterocycles. The van der Waals surface area contributed by atoms with Gasteiger partial charge in [-0.05, 0) is 42.4 Å². The zero-order valence-electron chi connectivity index (χ0n) is 13.6. The van der Waals surface area contributed by atoms with E-state index in [0.717, 1.165) is 42.0 Å². The number of amides is 1. The van der Waals surface area contributed by atoms with Crippen molar-refractivity contribution in [2.75, 3.05) is 26.3 Å². The number of piperidine rings is 1. The van der Waals surface area contributed by atoms with Gasteiger partial charge in [-0.3, -0.25) is 4.79 Å². The minimum absolute atomic E-state index is 0.255. The van der Waals surface area contributed by atoms with Gasteiger partial charge in [0.15, 0.2) is 11.5 Å². The van der Waals surface area contributed by atoms with E-state index >= 15 is 0 Å². The number of ether oxygens (including phenoxy) is 2. The van der Waals surface area contributed by atoms with Gasteiger partial charge in [0.05, 0.1) is 6.42 Å². The number of fused-ring (bicyclic) bond motifs is 2. The summed E-state index contributed by atoms with van der Waals surface area (Å²) in [5, 5.41) is 0. The quantitative estimate of drug-likeness (QED) is 0.842. The Labute approximate surface area is 137 Å². The van der Waals surface area contributed by atoms with Gasteiger partial charge in [-0.2, -0.15) is 0 Å². The molecule has 4 nitrogen and oxygen atoms in total. The molecule has 0 N–H and O–H groups in total. The molecule has 1 amide bonds. The van der Waals surface area contributed by atoms with E-state index in [9.17, 15) is 4.79 Å². The summed E-state index contributed by atoms with van der Waals surface area (Å²) in [5.74, 6) is 3.41. The van der Waals surface area contributed by atoms with Crippen LogP contribution in [0.5, 0.6) is 11.5 Å². The average molecular weight is 315 g/mol. The van der Waals surface area contributed by atoms with Gasteiger partial charge >= 0.3 is 0 Å². The molecule has 2 atom stereocenters. The van der Waals surface area contributed by atoms with E-state index in [1.807, 2.05) is 18.2 Å². The Morgan fingerprint density at radius 1 is 1.04 bits per heavy atom. The fraction of sp³-hybridized carbons (Fsp3) is 0.632. The van der Waals surface area contributed by atoms with Gasteiger partial charge in [0.2, 0.25) is 5.91 Å². The third-order valence-electron chi connectivity index (χ3n) is 5.61. The molecule has 1 aliphatic carbocycles. The number of hydrogen-bond donors (Lipinski definition) is 0. The Morgan fingerprint density at radius 3 is 2.70 bits per heavy atom. The van der Waals surface area contributed by atoms with Gasteiger partial charge in [0.25, 0.3) is 0 Å². The van der Waals surface area contributed by atoms with E-state index in [0.29, 0.717) is 19.6 Å². The van der Waals surface area contributed by atoms with Crippen LogP contribution in [-0.2, 0) is 11.2 Å². The molecule has 4 rings (SSSR count). The molecule has 1 aromatic rings. The van der Waals surface area contributed by atoms with Crippen molar-refractivity contribution < 1.29 is 14.3 Å². The predicted molar refractivity (Wildman–Crippen MR) is 87.8 cm³/mol. The Balaban J connectivity index is 1.39. The predicted octanol–water partition coefficient (Wildman–Crippen LogP) is 3.04. The summed E-state index contributed by atoms with van der Waals surface area (Å²) < 4.78 is 11.2. The third-order valence-corrected chi connectivity index (χ3v) is 5.61. The van der Waals surface area contributed by atoms with Crippen LogP contribution in [0.4, 0.5) is 0 Å². The summed E-state index contributed by atoms with van der Waals surface area (Å²) in [4.78, 5) is 14.8. The normalized spacial score (nSPS) is 26.5. The lowest BCUT2D eigenvalue weighted by Gasteiger charge is -2.41. The zero-order chi connectivity index (χ0) is 15.6. The second-order valence-corrected chi connectivity index (χ2v) is 7.09. The van der Waals surface area contributed by atoms with Crippen molar-refractivity contribution in [1.29, 1.82) is 0 Å². The maximum atomic E-state index is 12.7. The number of benzene rings is 1. The van der Waals surface area contributed by atoms with Gasteiger partial charge in [-0.15, -0.1) is 0 Å². The molecule has 1 saturated heterocycles. The maximum Gasteiger partial charge on any atom is 0.227 e. The van der Waals surface area contributed by atoms with Crippen LogP contribution >= 0.6 is 0 Å². The lowest BCUT2D eigenvalue weighted by atomic mass is 9.75. The van der Waals surface area contributed by atoms with Gasteiger partial charge in [-0.25, -0.2) is 0 Å². The first-order valence-corrected chi connectivity index (χ1v) is 8.96. The smallest absolute Gasteiger partial charge is 0.227 e. The topological polar surface area (TPSA) is 38.8 Å². The van der Waals surface area contributed by atoms with Crippen LogP contribution in [0.15, 0.2) is 18.2 Å². The molecular weight excluding hydrogens is 290 g/mol. The van der Waals surface area contributed by atoms with Gasteiger partial charge in [-0.1, -0.05) is 25.3 Å². The van der Waals surface area contributed by atoms with E-state index in [1.165, 1.54) is 32.1 Å². The molecule has 3 aliphatic rings. The number of hydrogen-bond acceptors (Lipinski definition) is 3. The highest BCUT2D eigenvalue weighted by Gasteiger charge is 2.32. The molecule has 1 saturated carbocycles. The Kier molecular flexibility index (Phi) is 4.15. The van der Waals surface area contributed by atoms with E-state index in [2.05, 4.69) is 4.90 Å². The fourth-order valence-corrected chi connectivity index (χ4v) is 4.31. The molecule has 0 bridgehead atoms. The highest BCUT2D eigenvalue weighted by molar-refractivity contribution is 5.79. The number of carbonyl (C=O) groups is 1. The van der Waals surface area contributed by atoms with Crippen molar-refractivity contribution in [3.05, 3.63) is 23.8 Å². The molecule has 2 aliphatic heterocycles. The summed E-state index contributed by atoms with van der Waals surface area (Å²) in [6.45, 7) is 3.08. The van der Waals surface area contributed by atoms with E-state index in [-0.39, 0.29) is 5.91 Å². The summed E-state index contributed by atoms with van der Waals surface area (Å²) in [7, 11) is 0. The van der Waals surface area contributed by atoms with Crippen molar-refractivity contribution >= 4 is 5.91 Å². The molecule has 1 aromatic carbocycles. The molecule has 23 heavy (non-hydrogen) atoms. The summed E-state index contributed by atoms with van der Waals surface area (Å²) in [6.07, 6.45) is 7.05. The number of rotatable bonds is 2. The van der Waals surface area contributed by atoms with Crippen LogP contribution in [0.25, 0.3) is 0 Å². The van der Waals surface area contributed by atoms with Crippen molar-refractivity contribution in [2.24, 2.45) is 11.8 Å². The van der Waals surface area contributed by atoms with Crippen LogP contribution in [0.1, 0.15) is 37.7 Å². The molecule has 0 aromatic heterocycles. The van der Waals surface area contributed by atoms with Crippen molar-refractivity contribution in [1.82, 2.24) is 4.90 Å². The van der Waals surface area contributed by atoms with E-state index in [4.69, 9.17) is 9.47 Å². The molecule has 124 valence electrons. The number of carbonyl (C=O) groups excluding carboxylic acids is 1. The molecular formula is C19H25NO3. The first-order chi connectivity index (χ1) is 11.3. The van der Waals surface area contributed by atoms with Crippen molar-refractivity contribution in [2.45, 2.75) is 38.5 Å². The van der Waals surface area contributed by atoms with Gasteiger partial charge < -0.3 is 14.4 Å². The van der Waals surface area contributed by atoms with Crippen LogP contribution in [0.3, 0.4) is 0 Å². The van der Waals surface area contributed by atoms with Crippen LogP contribution in [0.2, 0.25) is 0 Å². The zero-order valence-corrected chi connectivity index (χ0v) is 13.6. The second kappa shape index (κ2) is 6.42. The monoisotopic (exact) mass is 315 g/mol. The Hall–Kier alpha value is -1.71. The van der Waals surface area contributed by atoms with Crippen molar-refractivity contribution in [3.63, 3.8) is 0 Å². The van der Waals surface area contributed by atoms with Crippen LogP contribution < -0.4 is 9.47 Å². The number of nitrogens with zero attached hydrogens (tertiary/aromatic N) is 1. The van der Waals surface area contributed by atoms with Crippen molar-refractivity contribution in [3.8, 4) is 11.5 Å². The third kappa shape index (κ3) is 3.17. The molecule has 0 spiro atoms. The summed E-state index contributed by atoms with van der Waals surface area (Å²) >= 11 is 0. The van der Waals surface area contributed by atoms with Crippen LogP contribution in [-0.4, -0.2) is 37.1 Å². The molecule has 4 heteroatoms.